The predicted octanol–water partition coefficient (Wildman–Crippen LogP) is 3.69. The van der Waals surface area contributed by atoms with Gasteiger partial charge in [0.15, 0.2) is 10.3 Å². The number of rotatable bonds is 5. The number of aromatic nitrogens is 4. The first-order valence-corrected chi connectivity index (χ1v) is 9.58. The molecule has 0 fully saturated rings. The number of hydrogen-bond acceptors (Lipinski definition) is 6. The van der Waals surface area contributed by atoms with Crippen LogP contribution in [0.1, 0.15) is 21.7 Å². The molecule has 2 aromatic heterocycles. The Balaban J connectivity index is 1.68. The van der Waals surface area contributed by atoms with Crippen LogP contribution in [0.25, 0.3) is 5.69 Å². The highest BCUT2D eigenvalue weighted by atomic mass is 32.2. The zero-order valence-electron chi connectivity index (χ0n) is 14.5. The largest absolute Gasteiger partial charge is 0.301 e. The second kappa shape index (κ2) is 7.37. The number of thioether (sulfide) groups is 1. The van der Waals surface area contributed by atoms with Crippen molar-refractivity contribution in [1.82, 2.24) is 19.7 Å². The Bertz CT molecular complexity index is 896. The number of thiazole rings is 1. The van der Waals surface area contributed by atoms with E-state index in [9.17, 15) is 4.79 Å². The van der Waals surface area contributed by atoms with Gasteiger partial charge in [-0.1, -0.05) is 29.5 Å². The van der Waals surface area contributed by atoms with Crippen LogP contribution in [-0.4, -0.2) is 31.4 Å². The van der Waals surface area contributed by atoms with Crippen LogP contribution in [0.2, 0.25) is 0 Å². The predicted molar refractivity (Wildman–Crippen MR) is 102 cm³/mol. The third-order valence-electron chi connectivity index (χ3n) is 3.74. The van der Waals surface area contributed by atoms with Gasteiger partial charge in [0.2, 0.25) is 5.91 Å². The van der Waals surface area contributed by atoms with Gasteiger partial charge in [0.25, 0.3) is 0 Å². The summed E-state index contributed by atoms with van der Waals surface area (Å²) in [6, 6.07) is 6.21. The molecule has 2 heterocycles. The number of hydrogen-bond donors (Lipinski definition) is 1. The molecule has 0 aliphatic carbocycles. The van der Waals surface area contributed by atoms with Crippen molar-refractivity contribution in [3.8, 4) is 5.69 Å². The Labute approximate surface area is 154 Å². The quantitative estimate of drug-likeness (QED) is 0.691. The highest BCUT2D eigenvalue weighted by Crippen LogP contribution is 2.24. The highest BCUT2D eigenvalue weighted by molar-refractivity contribution is 7.99. The van der Waals surface area contributed by atoms with Crippen molar-refractivity contribution in [3.05, 3.63) is 46.2 Å². The van der Waals surface area contributed by atoms with Crippen molar-refractivity contribution in [1.29, 1.82) is 0 Å². The zero-order chi connectivity index (χ0) is 18.0. The second-order valence-electron chi connectivity index (χ2n) is 5.77. The Morgan fingerprint density at radius 3 is 2.76 bits per heavy atom. The number of nitrogens with zero attached hydrogens (tertiary/aromatic N) is 4. The first kappa shape index (κ1) is 17.6. The Hall–Kier alpha value is -2.19. The molecular formula is C17H19N5OS2. The van der Waals surface area contributed by atoms with Crippen molar-refractivity contribution in [2.75, 3.05) is 11.1 Å². The molecule has 6 nitrogen and oxygen atoms in total. The molecule has 0 bridgehead atoms. The maximum absolute atomic E-state index is 12.2. The Morgan fingerprint density at radius 2 is 2.08 bits per heavy atom. The third kappa shape index (κ3) is 4.08. The van der Waals surface area contributed by atoms with Crippen LogP contribution in [0, 0.1) is 27.7 Å². The summed E-state index contributed by atoms with van der Waals surface area (Å²) in [5.74, 6) is 0.148. The van der Waals surface area contributed by atoms with Crippen LogP contribution in [0.3, 0.4) is 0 Å². The fourth-order valence-corrected chi connectivity index (χ4v) is 3.93. The molecule has 3 aromatic rings. The lowest BCUT2D eigenvalue weighted by molar-refractivity contribution is -0.113. The smallest absolute Gasteiger partial charge is 0.236 e. The highest BCUT2D eigenvalue weighted by Gasteiger charge is 2.13. The van der Waals surface area contributed by atoms with Gasteiger partial charge in [-0.25, -0.2) is 4.98 Å². The minimum Gasteiger partial charge on any atom is -0.301 e. The van der Waals surface area contributed by atoms with Gasteiger partial charge < -0.3 is 5.32 Å². The molecule has 0 aliphatic rings. The van der Waals surface area contributed by atoms with Gasteiger partial charge in [-0.15, -0.1) is 21.5 Å². The van der Waals surface area contributed by atoms with Crippen LogP contribution in [0.5, 0.6) is 0 Å². The Morgan fingerprint density at radius 1 is 1.28 bits per heavy atom. The van der Waals surface area contributed by atoms with Gasteiger partial charge >= 0.3 is 0 Å². The topological polar surface area (TPSA) is 72.7 Å². The molecule has 0 saturated carbocycles. The molecule has 0 aliphatic heterocycles. The monoisotopic (exact) mass is 373 g/mol. The molecule has 25 heavy (non-hydrogen) atoms. The van der Waals surface area contributed by atoms with E-state index in [4.69, 9.17) is 0 Å². The molecule has 0 atom stereocenters. The first-order valence-electron chi connectivity index (χ1n) is 7.78. The molecule has 3 rings (SSSR count). The summed E-state index contributed by atoms with van der Waals surface area (Å²) in [4.78, 5) is 17.6. The fourth-order valence-electron chi connectivity index (χ4n) is 2.38. The van der Waals surface area contributed by atoms with Crippen molar-refractivity contribution < 1.29 is 4.79 Å². The average molecular weight is 374 g/mol. The lowest BCUT2D eigenvalue weighted by Crippen LogP contribution is -2.14. The lowest BCUT2D eigenvalue weighted by atomic mass is 10.1. The molecule has 0 spiro atoms. The molecule has 1 N–H and O–H groups in total. The Kier molecular flexibility index (Phi) is 5.19. The van der Waals surface area contributed by atoms with E-state index >= 15 is 0 Å². The third-order valence-corrected chi connectivity index (χ3v) is 5.67. The second-order valence-corrected chi connectivity index (χ2v) is 7.92. The molecule has 1 amide bonds. The number of nitrogens with one attached hydrogen (secondary N) is 1. The summed E-state index contributed by atoms with van der Waals surface area (Å²) in [5, 5.41) is 12.3. The summed E-state index contributed by atoms with van der Waals surface area (Å²) >= 11 is 2.84. The molecular weight excluding hydrogens is 354 g/mol. The van der Waals surface area contributed by atoms with Crippen LogP contribution < -0.4 is 5.32 Å². The molecule has 0 unspecified atom stereocenters. The van der Waals surface area contributed by atoms with E-state index in [0.717, 1.165) is 21.8 Å². The fraction of sp³-hybridized carbons (Fsp3) is 0.294. The minimum atomic E-state index is -0.103. The molecule has 130 valence electrons. The van der Waals surface area contributed by atoms with Gasteiger partial charge in [-0.3, -0.25) is 9.36 Å². The lowest BCUT2D eigenvalue weighted by Gasteiger charge is -2.10. The van der Waals surface area contributed by atoms with E-state index < -0.39 is 0 Å². The molecule has 0 radical (unpaired) electrons. The summed E-state index contributed by atoms with van der Waals surface area (Å²) < 4.78 is 1.91. The summed E-state index contributed by atoms with van der Waals surface area (Å²) in [6.45, 7) is 8.04. The minimum absolute atomic E-state index is 0.103. The van der Waals surface area contributed by atoms with Crippen molar-refractivity contribution in [3.63, 3.8) is 0 Å². The average Bonchev–Trinajstić information content (AvgIpc) is 3.12. The number of anilines is 1. The van der Waals surface area contributed by atoms with E-state index in [1.54, 1.807) is 6.33 Å². The maximum Gasteiger partial charge on any atom is 0.236 e. The van der Waals surface area contributed by atoms with Gasteiger partial charge in [-0.05, 0) is 39.3 Å². The van der Waals surface area contributed by atoms with Crippen molar-refractivity contribution >= 4 is 34.1 Å². The summed E-state index contributed by atoms with van der Waals surface area (Å²) in [6.07, 6.45) is 1.67. The maximum atomic E-state index is 12.2. The van der Waals surface area contributed by atoms with Gasteiger partial charge in [-0.2, -0.15) is 0 Å². The molecule has 0 saturated heterocycles. The number of carbonyl (C=O) groups excluding carboxylic acids is 1. The molecule has 1 aromatic carbocycles. The number of amides is 1. The standard InChI is InChI=1S/C17H19N5OS2/c1-10-5-6-14(11(2)7-10)22-9-18-21-17(22)24-8-15(23)20-16-19-12(3)13(4)25-16/h5-7,9H,8H2,1-4H3,(H,19,20,23). The van der Waals surface area contributed by atoms with Crippen LogP contribution >= 0.6 is 23.1 Å². The first-order chi connectivity index (χ1) is 11.9. The van der Waals surface area contributed by atoms with E-state index in [2.05, 4.69) is 46.5 Å². The number of carbonyl (C=O) groups is 1. The van der Waals surface area contributed by atoms with Crippen molar-refractivity contribution in [2.45, 2.75) is 32.9 Å². The summed E-state index contributed by atoms with van der Waals surface area (Å²) in [5.41, 5.74) is 4.31. The van der Waals surface area contributed by atoms with Gasteiger partial charge in [0.1, 0.15) is 6.33 Å². The van der Waals surface area contributed by atoms with E-state index in [-0.39, 0.29) is 11.7 Å². The van der Waals surface area contributed by atoms with Crippen LogP contribution in [-0.2, 0) is 4.79 Å². The number of aryl methyl sites for hydroxylation is 4. The molecule has 8 heteroatoms. The SMILES string of the molecule is Cc1ccc(-n2cnnc2SCC(=O)Nc2nc(C)c(C)s2)c(C)c1. The number of benzene rings is 1. The van der Waals surface area contributed by atoms with Crippen LogP contribution in [0.4, 0.5) is 5.13 Å². The van der Waals surface area contributed by atoms with Gasteiger partial charge in [0, 0.05) is 4.88 Å². The normalized spacial score (nSPS) is 10.9. The van der Waals surface area contributed by atoms with Crippen molar-refractivity contribution in [2.24, 2.45) is 0 Å². The van der Waals surface area contributed by atoms with Crippen LogP contribution in [0.15, 0.2) is 29.7 Å². The summed E-state index contributed by atoms with van der Waals surface area (Å²) in [7, 11) is 0. The van der Waals surface area contributed by atoms with E-state index in [1.165, 1.54) is 28.7 Å². The van der Waals surface area contributed by atoms with E-state index in [1.807, 2.05) is 24.5 Å². The van der Waals surface area contributed by atoms with Gasteiger partial charge in [0.05, 0.1) is 17.1 Å². The van der Waals surface area contributed by atoms with E-state index in [0.29, 0.717) is 10.3 Å². The zero-order valence-corrected chi connectivity index (χ0v) is 16.2.